The first-order valence-corrected chi connectivity index (χ1v) is 5.84. The van der Waals surface area contributed by atoms with E-state index in [1.54, 1.807) is 6.07 Å². The zero-order valence-corrected chi connectivity index (χ0v) is 9.91. The van der Waals surface area contributed by atoms with Crippen LogP contribution in [0.3, 0.4) is 0 Å². The van der Waals surface area contributed by atoms with E-state index in [1.807, 2.05) is 12.1 Å². The molecule has 2 rings (SSSR count). The third-order valence-electron chi connectivity index (χ3n) is 3.50. The van der Waals surface area contributed by atoms with Gasteiger partial charge in [0, 0.05) is 25.2 Å². The average Bonchev–Trinajstić information content (AvgIpc) is 2.18. The van der Waals surface area contributed by atoms with Crippen molar-refractivity contribution in [2.24, 2.45) is 0 Å². The Hall–Kier alpha value is -0.930. The molecule has 1 aliphatic heterocycles. The smallest absolute Gasteiger partial charge is 0.126 e. The van der Waals surface area contributed by atoms with Crippen molar-refractivity contribution in [1.29, 1.82) is 0 Å². The first-order valence-electron chi connectivity index (χ1n) is 5.84. The van der Waals surface area contributed by atoms with E-state index in [0.29, 0.717) is 12.1 Å². The fraction of sp³-hybridized carbons (Fsp3) is 0.538. The maximum Gasteiger partial charge on any atom is 0.126 e. The summed E-state index contributed by atoms with van der Waals surface area (Å²) in [4.78, 5) is 2.34. The number of halogens is 1. The molecule has 1 aromatic rings. The lowest BCUT2D eigenvalue weighted by atomic mass is 10.0. The summed E-state index contributed by atoms with van der Waals surface area (Å²) < 4.78 is 13.5. The van der Waals surface area contributed by atoms with E-state index in [0.717, 1.165) is 25.1 Å². The standard InChI is InChI=1S/C13H19FN2/c1-10(16(2)12-8-15-9-12)7-11-5-3-4-6-13(11)14/h3-6,10,12,15H,7-9H2,1-2H3. The van der Waals surface area contributed by atoms with Crippen LogP contribution in [0.25, 0.3) is 0 Å². The van der Waals surface area contributed by atoms with Gasteiger partial charge in [-0.05, 0) is 32.0 Å². The molecule has 1 heterocycles. The second kappa shape index (κ2) is 4.93. The highest BCUT2D eigenvalue weighted by Gasteiger charge is 2.25. The molecule has 0 saturated carbocycles. The minimum atomic E-state index is -0.0884. The Kier molecular flexibility index (Phi) is 3.56. The summed E-state index contributed by atoms with van der Waals surface area (Å²) in [5, 5.41) is 3.26. The van der Waals surface area contributed by atoms with Crippen LogP contribution in [0, 0.1) is 5.82 Å². The van der Waals surface area contributed by atoms with E-state index in [2.05, 4.69) is 24.2 Å². The Morgan fingerprint density at radius 1 is 1.44 bits per heavy atom. The van der Waals surface area contributed by atoms with Crippen LogP contribution in [-0.4, -0.2) is 37.1 Å². The van der Waals surface area contributed by atoms with Crippen molar-refractivity contribution in [3.05, 3.63) is 35.6 Å². The van der Waals surface area contributed by atoms with Gasteiger partial charge in [0.25, 0.3) is 0 Å². The highest BCUT2D eigenvalue weighted by Crippen LogP contribution is 2.14. The van der Waals surface area contributed by atoms with Gasteiger partial charge < -0.3 is 5.32 Å². The minimum Gasteiger partial charge on any atom is -0.314 e. The highest BCUT2D eigenvalue weighted by atomic mass is 19.1. The molecule has 1 N–H and O–H groups in total. The summed E-state index contributed by atoms with van der Waals surface area (Å²) in [7, 11) is 2.12. The maximum atomic E-state index is 13.5. The average molecular weight is 222 g/mol. The monoisotopic (exact) mass is 222 g/mol. The molecule has 0 aromatic heterocycles. The van der Waals surface area contributed by atoms with Gasteiger partial charge in [-0.25, -0.2) is 4.39 Å². The first kappa shape index (κ1) is 11.6. The predicted octanol–water partition coefficient (Wildman–Crippen LogP) is 1.66. The summed E-state index contributed by atoms with van der Waals surface area (Å²) >= 11 is 0. The van der Waals surface area contributed by atoms with Gasteiger partial charge in [-0.3, -0.25) is 4.90 Å². The van der Waals surface area contributed by atoms with Gasteiger partial charge in [-0.1, -0.05) is 18.2 Å². The lowest BCUT2D eigenvalue weighted by Gasteiger charge is -2.39. The zero-order chi connectivity index (χ0) is 11.5. The second-order valence-corrected chi connectivity index (χ2v) is 4.62. The minimum absolute atomic E-state index is 0.0884. The van der Waals surface area contributed by atoms with Crippen LogP contribution in [0.5, 0.6) is 0 Å². The molecular formula is C13H19FN2. The molecule has 2 nitrogen and oxygen atoms in total. The molecule has 3 heteroatoms. The lowest BCUT2D eigenvalue weighted by molar-refractivity contribution is 0.135. The Labute approximate surface area is 96.5 Å². The van der Waals surface area contributed by atoms with Gasteiger partial charge in [0.15, 0.2) is 0 Å². The Morgan fingerprint density at radius 2 is 2.12 bits per heavy atom. The van der Waals surface area contributed by atoms with Crippen LogP contribution < -0.4 is 5.32 Å². The number of hydrogen-bond acceptors (Lipinski definition) is 2. The molecule has 1 unspecified atom stereocenters. The second-order valence-electron chi connectivity index (χ2n) is 4.62. The van der Waals surface area contributed by atoms with Gasteiger partial charge in [0.1, 0.15) is 5.82 Å². The molecule has 0 spiro atoms. The molecule has 16 heavy (non-hydrogen) atoms. The van der Waals surface area contributed by atoms with Crippen LogP contribution in [0.1, 0.15) is 12.5 Å². The summed E-state index contributed by atoms with van der Waals surface area (Å²) in [6.45, 7) is 4.26. The van der Waals surface area contributed by atoms with E-state index in [9.17, 15) is 4.39 Å². The summed E-state index contributed by atoms with van der Waals surface area (Å²) in [6.07, 6.45) is 0.777. The van der Waals surface area contributed by atoms with Crippen molar-refractivity contribution in [3.8, 4) is 0 Å². The SMILES string of the molecule is CC(Cc1ccccc1F)N(C)C1CNC1. The Balaban J connectivity index is 1.96. The topological polar surface area (TPSA) is 15.3 Å². The molecule has 1 aliphatic rings. The van der Waals surface area contributed by atoms with Gasteiger partial charge in [0.2, 0.25) is 0 Å². The molecule has 0 radical (unpaired) electrons. The molecule has 88 valence electrons. The molecular weight excluding hydrogens is 203 g/mol. The first-order chi connectivity index (χ1) is 7.68. The van der Waals surface area contributed by atoms with Gasteiger partial charge in [-0.2, -0.15) is 0 Å². The summed E-state index contributed by atoms with van der Waals surface area (Å²) in [6, 6.07) is 8.04. The van der Waals surface area contributed by atoms with Crippen molar-refractivity contribution < 1.29 is 4.39 Å². The molecule has 1 aromatic carbocycles. The van der Waals surface area contributed by atoms with Gasteiger partial charge >= 0.3 is 0 Å². The highest BCUT2D eigenvalue weighted by molar-refractivity contribution is 5.18. The molecule has 1 atom stereocenters. The van der Waals surface area contributed by atoms with Crippen LogP contribution in [0.15, 0.2) is 24.3 Å². The molecule has 0 aliphatic carbocycles. The van der Waals surface area contributed by atoms with E-state index < -0.39 is 0 Å². The van der Waals surface area contributed by atoms with Crippen molar-refractivity contribution >= 4 is 0 Å². The van der Waals surface area contributed by atoms with E-state index >= 15 is 0 Å². The van der Waals surface area contributed by atoms with E-state index in [4.69, 9.17) is 0 Å². The maximum absolute atomic E-state index is 13.5. The van der Waals surface area contributed by atoms with Gasteiger partial charge in [0.05, 0.1) is 0 Å². The molecule has 0 amide bonds. The quantitative estimate of drug-likeness (QED) is 0.833. The Morgan fingerprint density at radius 3 is 2.69 bits per heavy atom. The third kappa shape index (κ3) is 2.42. The molecule has 1 fully saturated rings. The Bertz CT molecular complexity index is 350. The number of rotatable bonds is 4. The largest absolute Gasteiger partial charge is 0.314 e. The normalized spacial score (nSPS) is 18.5. The number of nitrogens with zero attached hydrogens (tertiary/aromatic N) is 1. The number of hydrogen-bond donors (Lipinski definition) is 1. The summed E-state index contributed by atoms with van der Waals surface area (Å²) in [5.74, 6) is -0.0884. The fourth-order valence-electron chi connectivity index (χ4n) is 2.05. The fourth-order valence-corrected chi connectivity index (χ4v) is 2.05. The van der Waals surface area contributed by atoms with E-state index in [1.165, 1.54) is 6.07 Å². The van der Waals surface area contributed by atoms with Crippen LogP contribution >= 0.6 is 0 Å². The van der Waals surface area contributed by atoms with Crippen LogP contribution in [0.4, 0.5) is 4.39 Å². The number of likely N-dealkylation sites (N-methyl/N-ethyl adjacent to an activating group) is 1. The van der Waals surface area contributed by atoms with Gasteiger partial charge in [-0.15, -0.1) is 0 Å². The zero-order valence-electron chi connectivity index (χ0n) is 9.91. The molecule has 1 saturated heterocycles. The van der Waals surface area contributed by atoms with Crippen molar-refractivity contribution in [3.63, 3.8) is 0 Å². The summed E-state index contributed by atoms with van der Waals surface area (Å²) in [5.41, 5.74) is 0.814. The number of benzene rings is 1. The third-order valence-corrected chi connectivity index (χ3v) is 3.50. The van der Waals surface area contributed by atoms with Crippen molar-refractivity contribution in [1.82, 2.24) is 10.2 Å². The van der Waals surface area contributed by atoms with Crippen LogP contribution in [0.2, 0.25) is 0 Å². The van der Waals surface area contributed by atoms with Crippen molar-refractivity contribution in [2.45, 2.75) is 25.4 Å². The number of nitrogens with one attached hydrogen (secondary N) is 1. The van der Waals surface area contributed by atoms with Crippen LogP contribution in [-0.2, 0) is 6.42 Å². The predicted molar refractivity (Wildman–Crippen MR) is 64.0 cm³/mol. The lowest BCUT2D eigenvalue weighted by Crippen LogP contribution is -2.58. The van der Waals surface area contributed by atoms with E-state index in [-0.39, 0.29) is 5.82 Å². The van der Waals surface area contributed by atoms with Crippen molar-refractivity contribution in [2.75, 3.05) is 20.1 Å². The molecule has 0 bridgehead atoms.